The smallest absolute Gasteiger partial charge is 0.325 e. The third-order valence-corrected chi connectivity index (χ3v) is 8.66. The van der Waals surface area contributed by atoms with E-state index in [0.717, 1.165) is 9.21 Å². The van der Waals surface area contributed by atoms with Crippen molar-refractivity contribution in [3.8, 4) is 16.9 Å². The van der Waals surface area contributed by atoms with Gasteiger partial charge in [0.25, 0.3) is 5.91 Å². The van der Waals surface area contributed by atoms with Gasteiger partial charge in [-0.25, -0.2) is 21.5 Å². The topological polar surface area (TPSA) is 93.2 Å². The molecule has 12 heteroatoms. The van der Waals surface area contributed by atoms with Crippen molar-refractivity contribution in [3.05, 3.63) is 83.4 Å². The Kier molecular flexibility index (Phi) is 11.3. The van der Waals surface area contributed by atoms with Crippen LogP contribution in [0.2, 0.25) is 0 Å². The van der Waals surface area contributed by atoms with E-state index >= 15 is 0 Å². The van der Waals surface area contributed by atoms with Crippen LogP contribution >= 0.6 is 11.8 Å². The summed E-state index contributed by atoms with van der Waals surface area (Å²) >= 11 is 1.31. The van der Waals surface area contributed by atoms with Crippen LogP contribution in [0, 0.1) is 11.6 Å². The fraction of sp³-hybridized carbons (Fsp3) is 0.310. The summed E-state index contributed by atoms with van der Waals surface area (Å²) in [4.78, 5) is 27.2. The summed E-state index contributed by atoms with van der Waals surface area (Å²) in [5.74, 6) is -2.81. The number of esters is 1. The van der Waals surface area contributed by atoms with Crippen LogP contribution in [0.4, 0.5) is 8.78 Å². The second-order valence-electron chi connectivity index (χ2n) is 9.11. The molecule has 0 aliphatic carbocycles. The number of thioether (sulfide) groups is 1. The summed E-state index contributed by atoms with van der Waals surface area (Å²) < 4.78 is 63.9. The van der Waals surface area contributed by atoms with Gasteiger partial charge in [0.1, 0.15) is 18.9 Å². The lowest BCUT2D eigenvalue weighted by Gasteiger charge is -2.23. The van der Waals surface area contributed by atoms with Crippen molar-refractivity contribution in [1.29, 1.82) is 0 Å². The summed E-state index contributed by atoms with van der Waals surface area (Å²) in [5, 5.41) is 0. The van der Waals surface area contributed by atoms with Crippen LogP contribution < -0.4 is 4.74 Å². The molecule has 8 nitrogen and oxygen atoms in total. The van der Waals surface area contributed by atoms with E-state index in [1.54, 1.807) is 61.7 Å². The first kappa shape index (κ1) is 32.0. The van der Waals surface area contributed by atoms with Crippen LogP contribution in [0.3, 0.4) is 0 Å². The molecule has 0 aliphatic rings. The standard InChI is InChI=1S/C29H32F2N2O6S2/c1-5-38-28(34)18-33(13-14-41(36,37)32(2)3)29(35)22-8-6-7-20(15-22)19-39-23-11-9-21(10-12-23)24-16-25(30)26(31)17-27(24)40-4/h6-12,15-17H,5,13-14,18-19H2,1-4H3. The number of sulfonamides is 1. The Labute approximate surface area is 243 Å². The van der Waals surface area contributed by atoms with Gasteiger partial charge in [0.05, 0.1) is 12.4 Å². The van der Waals surface area contributed by atoms with E-state index in [1.165, 1.54) is 38.0 Å². The Hall–Kier alpha value is -3.48. The molecule has 0 spiro atoms. The maximum atomic E-state index is 13.8. The number of carbonyl (C=O) groups is 2. The van der Waals surface area contributed by atoms with Crippen molar-refractivity contribution in [2.45, 2.75) is 18.4 Å². The van der Waals surface area contributed by atoms with Crippen molar-refractivity contribution >= 4 is 33.7 Å². The van der Waals surface area contributed by atoms with E-state index in [0.29, 0.717) is 27.3 Å². The highest BCUT2D eigenvalue weighted by atomic mass is 32.2. The lowest BCUT2D eigenvalue weighted by atomic mass is 10.1. The number of benzene rings is 3. The lowest BCUT2D eigenvalue weighted by molar-refractivity contribution is -0.143. The van der Waals surface area contributed by atoms with Crippen molar-refractivity contribution in [1.82, 2.24) is 9.21 Å². The van der Waals surface area contributed by atoms with Gasteiger partial charge in [0.15, 0.2) is 11.6 Å². The molecule has 3 rings (SSSR count). The molecule has 0 saturated carbocycles. The minimum absolute atomic E-state index is 0.120. The van der Waals surface area contributed by atoms with Gasteiger partial charge in [-0.15, -0.1) is 11.8 Å². The zero-order valence-corrected chi connectivity index (χ0v) is 24.9. The van der Waals surface area contributed by atoms with Crippen LogP contribution in [0.15, 0.2) is 65.6 Å². The second-order valence-corrected chi connectivity index (χ2v) is 12.3. The predicted octanol–water partition coefficient (Wildman–Crippen LogP) is 4.83. The molecule has 220 valence electrons. The van der Waals surface area contributed by atoms with Crippen LogP contribution in [-0.4, -0.2) is 75.3 Å². The number of hydrogen-bond donors (Lipinski definition) is 0. The van der Waals surface area contributed by atoms with Gasteiger partial charge in [-0.05, 0) is 66.3 Å². The third-order valence-electron chi connectivity index (χ3n) is 6.08. The largest absolute Gasteiger partial charge is 0.489 e. The molecule has 0 fully saturated rings. The third kappa shape index (κ3) is 8.75. The number of nitrogens with zero attached hydrogens (tertiary/aromatic N) is 2. The maximum absolute atomic E-state index is 13.8. The van der Waals surface area contributed by atoms with E-state index in [9.17, 15) is 26.8 Å². The van der Waals surface area contributed by atoms with Gasteiger partial charge in [-0.1, -0.05) is 24.3 Å². The molecule has 0 saturated heterocycles. The molecule has 41 heavy (non-hydrogen) atoms. The molecule has 0 N–H and O–H groups in total. The van der Waals surface area contributed by atoms with Crippen molar-refractivity contribution in [2.24, 2.45) is 0 Å². The Morgan fingerprint density at radius 1 is 0.976 bits per heavy atom. The van der Waals surface area contributed by atoms with Crippen LogP contribution in [-0.2, 0) is 26.2 Å². The fourth-order valence-electron chi connectivity index (χ4n) is 3.82. The summed E-state index contributed by atoms with van der Waals surface area (Å²) in [6.07, 6.45) is 1.79. The molecular formula is C29H32F2N2O6S2. The first-order valence-electron chi connectivity index (χ1n) is 12.7. The summed E-state index contributed by atoms with van der Waals surface area (Å²) in [6.45, 7) is 1.31. The quantitative estimate of drug-likeness (QED) is 0.203. The first-order chi connectivity index (χ1) is 19.4. The molecule has 0 unspecified atom stereocenters. The van der Waals surface area contributed by atoms with Gasteiger partial charge in [-0.2, -0.15) is 0 Å². The molecule has 0 aliphatic heterocycles. The molecule has 0 radical (unpaired) electrons. The number of rotatable bonds is 13. The number of amides is 1. The molecule has 3 aromatic rings. The van der Waals surface area contributed by atoms with Crippen molar-refractivity contribution < 1.29 is 36.3 Å². The second kappa shape index (κ2) is 14.4. The highest BCUT2D eigenvalue weighted by molar-refractivity contribution is 7.98. The summed E-state index contributed by atoms with van der Waals surface area (Å²) in [6, 6.07) is 15.9. The van der Waals surface area contributed by atoms with E-state index in [-0.39, 0.29) is 37.6 Å². The van der Waals surface area contributed by atoms with Crippen molar-refractivity contribution in [2.75, 3.05) is 45.8 Å². The zero-order valence-electron chi connectivity index (χ0n) is 23.2. The van der Waals surface area contributed by atoms with Crippen LogP contribution in [0.25, 0.3) is 11.1 Å². The minimum Gasteiger partial charge on any atom is -0.489 e. The number of ether oxygens (including phenoxy) is 2. The van der Waals surface area contributed by atoms with Gasteiger partial charge < -0.3 is 14.4 Å². The Bertz CT molecular complexity index is 1480. The van der Waals surface area contributed by atoms with E-state index < -0.39 is 33.5 Å². The Morgan fingerprint density at radius 3 is 2.29 bits per heavy atom. The normalized spacial score (nSPS) is 11.4. The Morgan fingerprint density at radius 2 is 1.66 bits per heavy atom. The maximum Gasteiger partial charge on any atom is 0.325 e. The Balaban J connectivity index is 1.72. The lowest BCUT2D eigenvalue weighted by Crippen LogP contribution is -2.41. The minimum atomic E-state index is -3.60. The SMILES string of the molecule is CCOC(=O)CN(CCS(=O)(=O)N(C)C)C(=O)c1cccc(COc2ccc(-c3cc(F)c(F)cc3SC)cc2)c1. The molecule has 0 aromatic heterocycles. The first-order valence-corrected chi connectivity index (χ1v) is 15.5. The van der Waals surface area contributed by atoms with Gasteiger partial charge in [0, 0.05) is 31.1 Å². The van der Waals surface area contributed by atoms with Crippen LogP contribution in [0.5, 0.6) is 5.75 Å². The summed E-state index contributed by atoms with van der Waals surface area (Å²) in [7, 11) is -0.809. The molecule has 3 aromatic carbocycles. The van der Waals surface area contributed by atoms with E-state index in [1.807, 2.05) is 0 Å². The molecule has 0 heterocycles. The number of hydrogen-bond acceptors (Lipinski definition) is 7. The summed E-state index contributed by atoms with van der Waals surface area (Å²) in [5.41, 5.74) is 2.20. The van der Waals surface area contributed by atoms with Gasteiger partial charge >= 0.3 is 5.97 Å². The molecule has 1 amide bonds. The van der Waals surface area contributed by atoms with E-state index in [4.69, 9.17) is 9.47 Å². The molecule has 0 bridgehead atoms. The predicted molar refractivity (Wildman–Crippen MR) is 154 cm³/mol. The zero-order chi connectivity index (χ0) is 30.2. The van der Waals surface area contributed by atoms with Gasteiger partial charge in [0.2, 0.25) is 10.0 Å². The highest BCUT2D eigenvalue weighted by Gasteiger charge is 2.23. The monoisotopic (exact) mass is 606 g/mol. The van der Waals surface area contributed by atoms with Gasteiger partial charge in [-0.3, -0.25) is 9.59 Å². The average molecular weight is 607 g/mol. The average Bonchev–Trinajstić information content (AvgIpc) is 2.95. The molecule has 0 atom stereocenters. The number of carbonyl (C=O) groups excluding carboxylic acids is 2. The van der Waals surface area contributed by atoms with Crippen molar-refractivity contribution in [3.63, 3.8) is 0 Å². The van der Waals surface area contributed by atoms with Crippen LogP contribution in [0.1, 0.15) is 22.8 Å². The fourth-order valence-corrected chi connectivity index (χ4v) is 5.25. The van der Waals surface area contributed by atoms with E-state index in [2.05, 4.69) is 0 Å². The molecular weight excluding hydrogens is 574 g/mol. The number of halogens is 2. The highest BCUT2D eigenvalue weighted by Crippen LogP contribution is 2.33.